The van der Waals surface area contributed by atoms with E-state index >= 15 is 0 Å². The van der Waals surface area contributed by atoms with E-state index in [4.69, 9.17) is 5.73 Å². The van der Waals surface area contributed by atoms with Crippen molar-refractivity contribution in [1.29, 1.82) is 0 Å². The van der Waals surface area contributed by atoms with Gasteiger partial charge in [0.2, 0.25) is 17.7 Å². The van der Waals surface area contributed by atoms with Crippen molar-refractivity contribution in [3.63, 3.8) is 0 Å². The Hall–Kier alpha value is -4.65. The van der Waals surface area contributed by atoms with E-state index in [9.17, 15) is 44.4 Å². The molecular weight excluding hydrogens is 536 g/mol. The molecule has 2 aromatic carbocycles. The summed E-state index contributed by atoms with van der Waals surface area (Å²) in [5, 5.41) is 44.9. The number of carbonyl (C=O) groups is 5. The molecule has 0 bridgehead atoms. The van der Waals surface area contributed by atoms with Crippen LogP contribution in [0.15, 0.2) is 48.5 Å². The Bertz CT molecular complexity index is 1220. The Morgan fingerprint density at radius 1 is 0.683 bits per heavy atom. The summed E-state index contributed by atoms with van der Waals surface area (Å²) in [6.07, 6.45) is -0.751. The van der Waals surface area contributed by atoms with E-state index in [1.54, 1.807) is 26.0 Å². The van der Waals surface area contributed by atoms with Gasteiger partial charge in [-0.1, -0.05) is 38.1 Å². The maximum absolute atomic E-state index is 13.2. The molecule has 0 saturated carbocycles. The second kappa shape index (κ2) is 15.2. The van der Waals surface area contributed by atoms with Crippen molar-refractivity contribution in [2.45, 2.75) is 63.7 Å². The quantitative estimate of drug-likeness (QED) is 0.145. The van der Waals surface area contributed by atoms with Crippen molar-refractivity contribution in [3.8, 4) is 11.5 Å². The smallest absolute Gasteiger partial charge is 0.326 e. The lowest BCUT2D eigenvalue weighted by molar-refractivity contribution is -0.143. The summed E-state index contributed by atoms with van der Waals surface area (Å²) >= 11 is 0. The number of nitrogens with two attached hydrogens (primary N) is 1. The molecule has 2 rings (SSSR count). The minimum atomic E-state index is -1.64. The molecule has 222 valence electrons. The van der Waals surface area contributed by atoms with Gasteiger partial charge in [-0.3, -0.25) is 19.2 Å². The maximum Gasteiger partial charge on any atom is 0.326 e. The van der Waals surface area contributed by atoms with Gasteiger partial charge < -0.3 is 42.1 Å². The average molecular weight is 573 g/mol. The molecular formula is C28H36N4O9. The summed E-state index contributed by atoms with van der Waals surface area (Å²) in [6.45, 7) is 3.59. The maximum atomic E-state index is 13.2. The van der Waals surface area contributed by atoms with Gasteiger partial charge in [-0.25, -0.2) is 4.79 Å². The highest BCUT2D eigenvalue weighted by Gasteiger charge is 2.32. The average Bonchev–Trinajstić information content (AvgIpc) is 2.89. The molecule has 0 spiro atoms. The van der Waals surface area contributed by atoms with Gasteiger partial charge in [0, 0.05) is 6.42 Å². The molecule has 0 aliphatic carbocycles. The SMILES string of the molecule is CC(C)CC(NC(=O)C(N)Cc1ccc(O)cc1)C(=O)NC(CC(=O)O)C(=O)NC(Cc1ccc(O)cc1)C(=O)O. The fourth-order valence-electron chi connectivity index (χ4n) is 3.96. The van der Waals surface area contributed by atoms with Gasteiger partial charge in [0.15, 0.2) is 0 Å². The number of aromatic hydroxyl groups is 2. The van der Waals surface area contributed by atoms with E-state index in [2.05, 4.69) is 16.0 Å². The molecule has 0 aliphatic rings. The van der Waals surface area contributed by atoms with Crippen LogP contribution in [0.2, 0.25) is 0 Å². The molecule has 13 nitrogen and oxygen atoms in total. The van der Waals surface area contributed by atoms with Gasteiger partial charge in [-0.2, -0.15) is 0 Å². The number of aliphatic carboxylic acids is 2. The number of nitrogens with one attached hydrogen (secondary N) is 3. The standard InChI is InChI=1S/C28H36N4O9/c1-15(2)11-21(30-25(37)20(29)12-16-3-7-18(33)8-4-16)26(38)31-22(14-24(35)36)27(39)32-23(28(40)41)13-17-5-9-19(34)10-6-17/h3-10,15,20-23,33-34H,11-14,29H2,1-2H3,(H,30,37)(H,31,38)(H,32,39)(H,35,36)(H,40,41). The van der Waals surface area contributed by atoms with E-state index in [1.165, 1.54) is 36.4 Å². The molecule has 4 unspecified atom stereocenters. The first kappa shape index (κ1) is 32.6. The van der Waals surface area contributed by atoms with Crippen molar-refractivity contribution < 1.29 is 44.4 Å². The molecule has 0 radical (unpaired) electrons. The number of carbonyl (C=O) groups excluding carboxylic acids is 3. The fourth-order valence-corrected chi connectivity index (χ4v) is 3.96. The molecule has 41 heavy (non-hydrogen) atoms. The van der Waals surface area contributed by atoms with Gasteiger partial charge in [-0.15, -0.1) is 0 Å². The Morgan fingerprint density at radius 2 is 1.12 bits per heavy atom. The third kappa shape index (κ3) is 11.2. The number of phenols is 2. The van der Waals surface area contributed by atoms with Gasteiger partial charge >= 0.3 is 11.9 Å². The molecule has 4 atom stereocenters. The third-order valence-corrected chi connectivity index (χ3v) is 6.07. The topological polar surface area (TPSA) is 228 Å². The Morgan fingerprint density at radius 3 is 1.59 bits per heavy atom. The summed E-state index contributed by atoms with van der Waals surface area (Å²) < 4.78 is 0. The molecule has 0 heterocycles. The Labute approximate surface area is 236 Å². The van der Waals surface area contributed by atoms with Crippen molar-refractivity contribution in [2.75, 3.05) is 0 Å². The van der Waals surface area contributed by atoms with Crippen LogP contribution in [0.4, 0.5) is 0 Å². The lowest BCUT2D eigenvalue weighted by Crippen LogP contribution is -2.58. The number of amides is 3. The Balaban J connectivity index is 2.13. The lowest BCUT2D eigenvalue weighted by Gasteiger charge is -2.25. The zero-order valence-corrected chi connectivity index (χ0v) is 22.7. The van der Waals surface area contributed by atoms with Crippen molar-refractivity contribution in [3.05, 3.63) is 59.7 Å². The van der Waals surface area contributed by atoms with E-state index < -0.39 is 60.2 Å². The van der Waals surface area contributed by atoms with E-state index in [-0.39, 0.29) is 36.7 Å². The van der Waals surface area contributed by atoms with Crippen LogP contribution < -0.4 is 21.7 Å². The highest BCUT2D eigenvalue weighted by Crippen LogP contribution is 2.13. The van der Waals surface area contributed by atoms with Crippen molar-refractivity contribution in [2.24, 2.45) is 11.7 Å². The first-order chi connectivity index (χ1) is 19.2. The largest absolute Gasteiger partial charge is 0.508 e. The summed E-state index contributed by atoms with van der Waals surface area (Å²) in [4.78, 5) is 62.2. The number of carboxylic acids is 2. The summed E-state index contributed by atoms with van der Waals surface area (Å²) in [7, 11) is 0. The van der Waals surface area contributed by atoms with E-state index in [0.29, 0.717) is 11.1 Å². The molecule has 0 saturated heterocycles. The predicted octanol–water partition coefficient (Wildman–Crippen LogP) is 0.270. The number of hydrogen-bond donors (Lipinski definition) is 8. The van der Waals surface area contributed by atoms with Crippen LogP contribution in [0.1, 0.15) is 37.8 Å². The molecule has 2 aromatic rings. The van der Waals surface area contributed by atoms with Crippen LogP contribution in [0.25, 0.3) is 0 Å². The van der Waals surface area contributed by atoms with Crippen LogP contribution in [-0.2, 0) is 36.8 Å². The molecule has 0 aliphatic heterocycles. The lowest BCUT2D eigenvalue weighted by atomic mass is 10.0. The second-order valence-corrected chi connectivity index (χ2v) is 10.1. The van der Waals surface area contributed by atoms with E-state index in [0.717, 1.165) is 0 Å². The fraction of sp³-hybridized carbons (Fsp3) is 0.393. The molecule has 0 aromatic heterocycles. The molecule has 13 heteroatoms. The van der Waals surface area contributed by atoms with Crippen LogP contribution in [0, 0.1) is 5.92 Å². The number of hydrogen-bond acceptors (Lipinski definition) is 8. The summed E-state index contributed by atoms with van der Waals surface area (Å²) in [5.41, 5.74) is 7.18. The molecule has 3 amide bonds. The first-order valence-electron chi connectivity index (χ1n) is 12.9. The number of rotatable bonds is 15. The minimum Gasteiger partial charge on any atom is -0.508 e. The summed E-state index contributed by atoms with van der Waals surface area (Å²) in [6, 6.07) is 6.43. The second-order valence-electron chi connectivity index (χ2n) is 10.1. The zero-order valence-electron chi connectivity index (χ0n) is 22.7. The van der Waals surface area contributed by atoms with Crippen LogP contribution in [-0.4, -0.2) is 74.3 Å². The van der Waals surface area contributed by atoms with Crippen molar-refractivity contribution >= 4 is 29.7 Å². The van der Waals surface area contributed by atoms with Crippen LogP contribution in [0.3, 0.4) is 0 Å². The normalized spacial score (nSPS) is 13.9. The molecule has 0 fully saturated rings. The monoisotopic (exact) mass is 572 g/mol. The predicted molar refractivity (Wildman–Crippen MR) is 147 cm³/mol. The van der Waals surface area contributed by atoms with Crippen molar-refractivity contribution in [1.82, 2.24) is 16.0 Å². The number of carboxylic acid groups (broad SMARTS) is 2. The van der Waals surface area contributed by atoms with E-state index in [1.807, 2.05) is 0 Å². The molecule has 9 N–H and O–H groups in total. The van der Waals surface area contributed by atoms with Gasteiger partial charge in [0.1, 0.15) is 29.6 Å². The number of benzene rings is 2. The van der Waals surface area contributed by atoms with Crippen LogP contribution in [0.5, 0.6) is 11.5 Å². The minimum absolute atomic E-state index is 0.0294. The zero-order chi connectivity index (χ0) is 30.7. The van der Waals surface area contributed by atoms with Crippen LogP contribution >= 0.6 is 0 Å². The van der Waals surface area contributed by atoms with Gasteiger partial charge in [0.05, 0.1) is 12.5 Å². The highest BCUT2D eigenvalue weighted by molar-refractivity contribution is 5.95. The first-order valence-corrected chi connectivity index (χ1v) is 12.9. The van der Waals surface area contributed by atoms with Gasteiger partial charge in [0.25, 0.3) is 0 Å². The third-order valence-electron chi connectivity index (χ3n) is 6.07. The number of phenolic OH excluding ortho intramolecular Hbond substituents is 2. The highest BCUT2D eigenvalue weighted by atomic mass is 16.4. The summed E-state index contributed by atoms with van der Waals surface area (Å²) in [5.74, 6) is -5.41. The van der Waals surface area contributed by atoms with Gasteiger partial charge in [-0.05, 0) is 54.2 Å². The Kier molecular flexibility index (Phi) is 12.1.